The van der Waals surface area contributed by atoms with E-state index in [1.165, 1.54) is 0 Å². The van der Waals surface area contributed by atoms with Crippen molar-refractivity contribution in [2.45, 2.75) is 32.9 Å². The molecule has 1 fully saturated rings. The molecule has 2 N–H and O–H groups in total. The summed E-state index contributed by atoms with van der Waals surface area (Å²) < 4.78 is 4.90. The molecule has 2 atom stereocenters. The Balaban J connectivity index is 0.000000371. The quantitative estimate of drug-likeness (QED) is 0.534. The van der Waals surface area contributed by atoms with Gasteiger partial charge in [-0.15, -0.1) is 0 Å². The molecule has 0 aromatic heterocycles. The van der Waals surface area contributed by atoms with Gasteiger partial charge in [0.25, 0.3) is 0 Å². The lowest BCUT2D eigenvalue weighted by Gasteiger charge is -1.94. The molecule has 0 saturated carbocycles. The summed E-state index contributed by atoms with van der Waals surface area (Å²) in [5.41, 5.74) is 5.29. The van der Waals surface area contributed by atoms with Crippen molar-refractivity contribution in [2.24, 2.45) is 5.73 Å². The minimum absolute atomic E-state index is 0.0185. The second-order valence-corrected chi connectivity index (χ2v) is 1.98. The lowest BCUT2D eigenvalue weighted by molar-refractivity contribution is -0.122. The van der Waals surface area contributed by atoms with Crippen LogP contribution in [0.4, 0.5) is 0 Å². The maximum Gasteiger partial charge on any atom is 0.180 e. The molecule has 1 heterocycles. The molecule has 0 bridgehead atoms. The zero-order chi connectivity index (χ0) is 8.15. The van der Waals surface area contributed by atoms with E-state index >= 15 is 0 Å². The van der Waals surface area contributed by atoms with Crippen molar-refractivity contribution in [3.8, 4) is 0 Å². The number of nitrogens with two attached hydrogens (primary N) is 1. The van der Waals surface area contributed by atoms with Crippen LogP contribution in [0, 0.1) is 0 Å². The first-order valence-corrected chi connectivity index (χ1v) is 3.62. The van der Waals surface area contributed by atoms with E-state index in [0.717, 1.165) is 0 Å². The fraction of sp³-hybridized carbons (Fsp3) is 0.857. The van der Waals surface area contributed by atoms with Crippen molar-refractivity contribution in [3.05, 3.63) is 0 Å². The molecule has 0 spiro atoms. The highest BCUT2D eigenvalue weighted by molar-refractivity contribution is 5.89. The average Bonchev–Trinajstić information content (AvgIpc) is 2.25. The second kappa shape index (κ2) is 4.41. The molecule has 60 valence electrons. The first kappa shape index (κ1) is 9.59. The van der Waals surface area contributed by atoms with E-state index in [4.69, 9.17) is 10.5 Å². The highest BCUT2D eigenvalue weighted by atomic mass is 16.5. The summed E-state index contributed by atoms with van der Waals surface area (Å²) in [6, 6.07) is -0.370. The molecule has 1 aliphatic rings. The van der Waals surface area contributed by atoms with Crippen molar-refractivity contribution in [1.29, 1.82) is 0 Å². The Bertz CT molecular complexity index is 102. The van der Waals surface area contributed by atoms with Gasteiger partial charge < -0.3 is 10.5 Å². The number of ketones is 1. The Morgan fingerprint density at radius 3 is 2.20 bits per heavy atom. The van der Waals surface area contributed by atoms with Crippen LogP contribution in [0.25, 0.3) is 0 Å². The SMILES string of the molecule is CC.CC1OCC(N)C1=O. The van der Waals surface area contributed by atoms with Crippen LogP contribution in [0.1, 0.15) is 20.8 Å². The van der Waals surface area contributed by atoms with Gasteiger partial charge >= 0.3 is 0 Å². The van der Waals surface area contributed by atoms with Crippen molar-refractivity contribution in [2.75, 3.05) is 6.61 Å². The third-order valence-electron chi connectivity index (χ3n) is 1.29. The van der Waals surface area contributed by atoms with E-state index in [1.807, 2.05) is 13.8 Å². The molecule has 1 saturated heterocycles. The Hall–Kier alpha value is -0.410. The van der Waals surface area contributed by atoms with Gasteiger partial charge in [0, 0.05) is 0 Å². The second-order valence-electron chi connectivity index (χ2n) is 1.98. The number of carbonyl (C=O) groups is 1. The van der Waals surface area contributed by atoms with Gasteiger partial charge in [0.15, 0.2) is 5.78 Å². The van der Waals surface area contributed by atoms with Crippen LogP contribution >= 0.6 is 0 Å². The number of rotatable bonds is 0. The van der Waals surface area contributed by atoms with Crippen LogP contribution in [0.15, 0.2) is 0 Å². The fourth-order valence-electron chi connectivity index (χ4n) is 0.714. The number of carbonyl (C=O) groups excluding carboxylic acids is 1. The van der Waals surface area contributed by atoms with Gasteiger partial charge in [0.05, 0.1) is 12.6 Å². The van der Waals surface area contributed by atoms with Gasteiger partial charge in [0.2, 0.25) is 0 Å². The Morgan fingerprint density at radius 2 is 2.10 bits per heavy atom. The topological polar surface area (TPSA) is 52.3 Å². The summed E-state index contributed by atoms with van der Waals surface area (Å²) in [5, 5.41) is 0. The maximum atomic E-state index is 10.7. The predicted molar refractivity (Wildman–Crippen MR) is 39.7 cm³/mol. The molecular weight excluding hydrogens is 130 g/mol. The van der Waals surface area contributed by atoms with Crippen LogP contribution in [-0.2, 0) is 9.53 Å². The molecule has 0 aromatic rings. The van der Waals surface area contributed by atoms with Gasteiger partial charge in [-0.25, -0.2) is 0 Å². The number of ether oxygens (including phenoxy) is 1. The molecule has 3 heteroatoms. The molecule has 0 amide bonds. The van der Waals surface area contributed by atoms with Crippen molar-refractivity contribution in [1.82, 2.24) is 0 Å². The molecular formula is C7H15NO2. The van der Waals surface area contributed by atoms with E-state index in [-0.39, 0.29) is 17.9 Å². The van der Waals surface area contributed by atoms with Gasteiger partial charge in [-0.2, -0.15) is 0 Å². The zero-order valence-corrected chi connectivity index (χ0v) is 6.76. The molecule has 1 aliphatic heterocycles. The Kier molecular flexibility index (Phi) is 4.23. The number of hydrogen-bond donors (Lipinski definition) is 1. The van der Waals surface area contributed by atoms with E-state index in [2.05, 4.69) is 0 Å². The monoisotopic (exact) mass is 145 g/mol. The summed E-state index contributed by atoms with van der Waals surface area (Å²) in [6.07, 6.45) is -0.273. The summed E-state index contributed by atoms with van der Waals surface area (Å²) in [7, 11) is 0. The predicted octanol–water partition coefficient (Wildman–Crippen LogP) is 0.328. The smallest absolute Gasteiger partial charge is 0.180 e. The summed E-state index contributed by atoms with van der Waals surface area (Å²) in [4.78, 5) is 10.7. The van der Waals surface area contributed by atoms with E-state index in [0.29, 0.717) is 6.61 Å². The van der Waals surface area contributed by atoms with Gasteiger partial charge in [-0.3, -0.25) is 4.79 Å². The third kappa shape index (κ3) is 2.08. The highest BCUT2D eigenvalue weighted by Crippen LogP contribution is 2.04. The molecule has 2 unspecified atom stereocenters. The first-order valence-electron chi connectivity index (χ1n) is 3.62. The standard InChI is InChI=1S/C5H9NO2.C2H6/c1-3-5(7)4(6)2-8-3;1-2/h3-4H,2,6H2,1H3;1-2H3. The van der Waals surface area contributed by atoms with Gasteiger partial charge in [-0.1, -0.05) is 13.8 Å². The fourth-order valence-corrected chi connectivity index (χ4v) is 0.714. The largest absolute Gasteiger partial charge is 0.369 e. The molecule has 0 aromatic carbocycles. The summed E-state index contributed by atoms with van der Waals surface area (Å²) in [6.45, 7) is 6.11. The molecule has 1 rings (SSSR count). The van der Waals surface area contributed by atoms with E-state index in [1.54, 1.807) is 6.92 Å². The maximum absolute atomic E-state index is 10.7. The van der Waals surface area contributed by atoms with Gasteiger partial charge in [0.1, 0.15) is 6.10 Å². The van der Waals surface area contributed by atoms with E-state index < -0.39 is 0 Å². The average molecular weight is 145 g/mol. The number of hydrogen-bond acceptors (Lipinski definition) is 3. The van der Waals surface area contributed by atoms with Crippen LogP contribution in [-0.4, -0.2) is 24.5 Å². The normalized spacial score (nSPS) is 31.4. The Labute approximate surface area is 61.5 Å². The highest BCUT2D eigenvalue weighted by Gasteiger charge is 2.28. The summed E-state index contributed by atoms with van der Waals surface area (Å²) in [5.74, 6) is 0.0185. The van der Waals surface area contributed by atoms with Crippen LogP contribution in [0.5, 0.6) is 0 Å². The summed E-state index contributed by atoms with van der Waals surface area (Å²) >= 11 is 0. The molecule has 3 nitrogen and oxygen atoms in total. The lowest BCUT2D eigenvalue weighted by atomic mass is 10.2. The van der Waals surface area contributed by atoms with Crippen LogP contribution in [0.3, 0.4) is 0 Å². The lowest BCUT2D eigenvalue weighted by Crippen LogP contribution is -2.30. The van der Waals surface area contributed by atoms with Crippen LogP contribution in [0.2, 0.25) is 0 Å². The van der Waals surface area contributed by atoms with E-state index in [9.17, 15) is 4.79 Å². The Morgan fingerprint density at radius 1 is 1.60 bits per heavy atom. The molecule has 0 aliphatic carbocycles. The molecule has 0 radical (unpaired) electrons. The van der Waals surface area contributed by atoms with Gasteiger partial charge in [-0.05, 0) is 6.92 Å². The van der Waals surface area contributed by atoms with Crippen LogP contribution < -0.4 is 5.73 Å². The molecule has 10 heavy (non-hydrogen) atoms. The first-order chi connectivity index (χ1) is 4.72. The van der Waals surface area contributed by atoms with Crippen molar-refractivity contribution in [3.63, 3.8) is 0 Å². The minimum Gasteiger partial charge on any atom is -0.369 e. The minimum atomic E-state index is -0.370. The zero-order valence-electron chi connectivity index (χ0n) is 6.76. The number of Topliss-reactive ketones (excluding diaryl/α,β-unsaturated/α-hetero) is 1. The third-order valence-corrected chi connectivity index (χ3v) is 1.29. The van der Waals surface area contributed by atoms with Crippen molar-refractivity contribution >= 4 is 5.78 Å². The van der Waals surface area contributed by atoms with Crippen molar-refractivity contribution < 1.29 is 9.53 Å².